The van der Waals surface area contributed by atoms with Crippen LogP contribution in [-0.2, 0) is 9.30 Å². The SMILES string of the molecule is COC1(CC(F)(F)F)[P+](=O)C1(CC(F)(F)F)C1(N)N=C2N=CN=C2C(Sc2ccc(C)cc2)=N1. The van der Waals surface area contributed by atoms with Crippen LogP contribution in [-0.4, -0.2) is 58.7 Å². The van der Waals surface area contributed by atoms with Crippen LogP contribution in [0.3, 0.4) is 0 Å². The van der Waals surface area contributed by atoms with Crippen molar-refractivity contribution in [2.75, 3.05) is 7.11 Å². The maximum absolute atomic E-state index is 13.7. The number of ether oxygens (including phenoxy) is 1. The number of thioether (sulfide) groups is 1. The molecule has 4 rings (SSSR count). The second-order valence-electron chi connectivity index (χ2n) is 7.94. The Hall–Kier alpha value is -2.15. The van der Waals surface area contributed by atoms with Gasteiger partial charge in [0.15, 0.2) is 5.84 Å². The van der Waals surface area contributed by atoms with Gasteiger partial charge in [0.25, 0.3) is 5.79 Å². The van der Waals surface area contributed by atoms with Crippen LogP contribution in [0.1, 0.15) is 18.4 Å². The van der Waals surface area contributed by atoms with Gasteiger partial charge in [-0.25, -0.2) is 20.0 Å². The molecule has 2 N–H and O–H groups in total. The van der Waals surface area contributed by atoms with Crippen LogP contribution in [0.25, 0.3) is 0 Å². The van der Waals surface area contributed by atoms with Gasteiger partial charge in [0.2, 0.25) is 0 Å². The van der Waals surface area contributed by atoms with E-state index in [1.165, 1.54) is 0 Å². The lowest BCUT2D eigenvalue weighted by Crippen LogP contribution is -2.59. The molecule has 0 aliphatic carbocycles. The number of halogens is 6. The van der Waals surface area contributed by atoms with Gasteiger partial charge in [0.1, 0.15) is 29.9 Å². The minimum Gasteiger partial charge on any atom is -0.332 e. The standard InChI is InChI=1S/C19H17F6N5O2PS/c1-10-3-5-11(6-4-10)34-14-12-13(28-9-27-12)29-19(26,30-14)15(7-17(20,21)22)16(32-2,33(15)31)8-18(23,24)25/h3-6,9H,7-8,26H2,1-2H3/q+1. The molecule has 0 spiro atoms. The maximum atomic E-state index is 13.7. The van der Waals surface area contributed by atoms with E-state index < -0.39 is 49.3 Å². The Morgan fingerprint density at radius 2 is 1.68 bits per heavy atom. The van der Waals surface area contributed by atoms with Crippen molar-refractivity contribution in [1.82, 2.24) is 0 Å². The summed E-state index contributed by atoms with van der Waals surface area (Å²) in [5.74, 6) is -2.92. The number of methoxy groups -OCH3 is 1. The molecule has 15 heteroatoms. The summed E-state index contributed by atoms with van der Waals surface area (Å²) in [6, 6.07) is 7.00. The normalized spacial score (nSPS) is 31.7. The largest absolute Gasteiger partial charge is 0.400 e. The first-order valence-corrected chi connectivity index (χ1v) is 11.7. The average Bonchev–Trinajstić information content (AvgIpc) is 3.03. The molecule has 0 radical (unpaired) electrons. The highest BCUT2D eigenvalue weighted by molar-refractivity contribution is 8.16. The third-order valence-corrected chi connectivity index (χ3v) is 9.36. The molecule has 34 heavy (non-hydrogen) atoms. The van der Waals surface area contributed by atoms with Gasteiger partial charge in [-0.1, -0.05) is 34.0 Å². The van der Waals surface area contributed by atoms with Gasteiger partial charge in [-0.3, -0.25) is 5.73 Å². The molecular formula is C19H17F6N5O2PS+. The average molecular weight is 524 g/mol. The van der Waals surface area contributed by atoms with E-state index in [9.17, 15) is 30.9 Å². The number of fused-ring (bicyclic) bond motifs is 1. The number of hydrogen-bond donors (Lipinski definition) is 1. The van der Waals surface area contributed by atoms with Crippen LogP contribution in [0.5, 0.6) is 0 Å². The molecule has 3 heterocycles. The highest BCUT2D eigenvalue weighted by Gasteiger charge is 3.03. The molecule has 1 saturated heterocycles. The summed E-state index contributed by atoms with van der Waals surface area (Å²) in [6.45, 7) is 1.85. The molecule has 0 bridgehead atoms. The highest BCUT2D eigenvalue weighted by atomic mass is 32.2. The van der Waals surface area contributed by atoms with Crippen molar-refractivity contribution in [2.24, 2.45) is 25.7 Å². The van der Waals surface area contributed by atoms with E-state index >= 15 is 0 Å². The van der Waals surface area contributed by atoms with Crippen molar-refractivity contribution < 1.29 is 35.6 Å². The number of aryl methyl sites for hydroxylation is 1. The lowest BCUT2D eigenvalue weighted by Gasteiger charge is -2.30. The third-order valence-electron chi connectivity index (χ3n) is 5.68. The summed E-state index contributed by atoms with van der Waals surface area (Å²) < 4.78 is 99.1. The van der Waals surface area contributed by atoms with Crippen LogP contribution >= 0.6 is 19.6 Å². The lowest BCUT2D eigenvalue weighted by molar-refractivity contribution is -0.179. The second-order valence-corrected chi connectivity index (χ2v) is 11.1. The Morgan fingerprint density at radius 3 is 2.24 bits per heavy atom. The second kappa shape index (κ2) is 7.94. The quantitative estimate of drug-likeness (QED) is 0.441. The summed E-state index contributed by atoms with van der Waals surface area (Å²) in [5, 5.41) is -5.59. The first kappa shape index (κ1) is 25.0. The van der Waals surface area contributed by atoms with Crippen LogP contribution in [0.2, 0.25) is 0 Å². The molecule has 1 aromatic carbocycles. The topological polar surface area (TPSA) is 102 Å². The van der Waals surface area contributed by atoms with Crippen molar-refractivity contribution in [2.45, 2.75) is 53.3 Å². The Kier molecular flexibility index (Phi) is 5.83. The number of amidine groups is 1. The van der Waals surface area contributed by atoms with Gasteiger partial charge in [-0.15, -0.1) is 0 Å². The van der Waals surface area contributed by atoms with Gasteiger partial charge in [0, 0.05) is 12.0 Å². The van der Waals surface area contributed by atoms with Gasteiger partial charge < -0.3 is 4.74 Å². The van der Waals surface area contributed by atoms with Crippen LogP contribution in [0, 0.1) is 6.92 Å². The monoisotopic (exact) mass is 524 g/mol. The molecule has 4 unspecified atom stereocenters. The first-order valence-electron chi connectivity index (χ1n) is 9.67. The third kappa shape index (κ3) is 4.00. The minimum absolute atomic E-state index is 0.0114. The Morgan fingerprint density at radius 1 is 1.06 bits per heavy atom. The number of alkyl halides is 6. The smallest absolute Gasteiger partial charge is 0.332 e. The fourth-order valence-electron chi connectivity index (χ4n) is 4.15. The number of nitrogens with two attached hydrogens (primary N) is 1. The van der Waals surface area contributed by atoms with E-state index in [1.807, 2.05) is 6.92 Å². The molecule has 7 nitrogen and oxygen atoms in total. The summed E-state index contributed by atoms with van der Waals surface area (Å²) >= 11 is 0.975. The number of nitrogens with zero attached hydrogens (tertiary/aromatic N) is 4. The van der Waals surface area contributed by atoms with Crippen molar-refractivity contribution in [3.8, 4) is 0 Å². The van der Waals surface area contributed by atoms with Gasteiger partial charge in [-0.2, -0.15) is 26.3 Å². The van der Waals surface area contributed by atoms with Crippen LogP contribution < -0.4 is 5.73 Å². The zero-order valence-electron chi connectivity index (χ0n) is 17.6. The lowest BCUT2D eigenvalue weighted by atomic mass is 9.88. The van der Waals surface area contributed by atoms with Gasteiger partial charge >= 0.3 is 30.7 Å². The fraction of sp³-hybridized carbons (Fsp3) is 0.474. The van der Waals surface area contributed by atoms with Gasteiger partial charge in [0.05, 0.1) is 0 Å². The number of benzene rings is 1. The molecule has 1 aromatic rings. The maximum Gasteiger partial charge on any atom is 0.400 e. The number of rotatable bonds is 5. The fourth-order valence-corrected chi connectivity index (χ4v) is 7.63. The first-order chi connectivity index (χ1) is 15.7. The molecule has 1 fully saturated rings. The number of aliphatic imine (C=N–C) groups is 4. The van der Waals surface area contributed by atoms with Crippen LogP contribution in [0.15, 0.2) is 49.1 Å². The molecule has 0 saturated carbocycles. The summed E-state index contributed by atoms with van der Waals surface area (Å²) in [4.78, 5) is 16.6. The van der Waals surface area contributed by atoms with E-state index in [4.69, 9.17) is 10.5 Å². The van der Waals surface area contributed by atoms with Crippen molar-refractivity contribution in [3.63, 3.8) is 0 Å². The van der Waals surface area contributed by atoms with Crippen molar-refractivity contribution in [3.05, 3.63) is 29.8 Å². The minimum atomic E-state index is -5.05. The summed E-state index contributed by atoms with van der Waals surface area (Å²) in [5.41, 5.74) is 7.29. The predicted octanol–water partition coefficient (Wildman–Crippen LogP) is 4.82. The molecule has 0 amide bonds. The Labute approximate surface area is 194 Å². The van der Waals surface area contributed by atoms with E-state index in [2.05, 4.69) is 20.0 Å². The molecule has 0 aromatic heterocycles. The predicted molar refractivity (Wildman–Crippen MR) is 116 cm³/mol. The number of hydrogen-bond acceptors (Lipinski definition) is 8. The van der Waals surface area contributed by atoms with E-state index in [-0.39, 0.29) is 16.6 Å². The Balaban J connectivity index is 1.86. The van der Waals surface area contributed by atoms with E-state index in [0.29, 0.717) is 4.90 Å². The zero-order chi connectivity index (χ0) is 25.2. The molecule has 3 aliphatic heterocycles. The van der Waals surface area contributed by atoms with Crippen LogP contribution in [0.4, 0.5) is 26.3 Å². The summed E-state index contributed by atoms with van der Waals surface area (Å²) in [6.07, 6.45) is -12.8. The van der Waals surface area contributed by atoms with Crippen molar-refractivity contribution >= 4 is 42.5 Å². The summed E-state index contributed by atoms with van der Waals surface area (Å²) in [7, 11) is -2.55. The van der Waals surface area contributed by atoms with Crippen molar-refractivity contribution in [1.29, 1.82) is 0 Å². The molecular weight excluding hydrogens is 507 g/mol. The zero-order valence-corrected chi connectivity index (χ0v) is 19.3. The molecule has 4 atom stereocenters. The van der Waals surface area contributed by atoms with E-state index in [1.54, 1.807) is 24.3 Å². The molecule has 182 valence electrons. The Bertz CT molecular complexity index is 1170. The van der Waals surface area contributed by atoms with Gasteiger partial charge in [-0.05, 0) is 19.1 Å². The van der Waals surface area contributed by atoms with E-state index in [0.717, 1.165) is 30.8 Å². The molecule has 3 aliphatic rings. The highest BCUT2D eigenvalue weighted by Crippen LogP contribution is 2.84.